The Balaban J connectivity index is 1.29. The number of halogens is 2. The van der Waals surface area contributed by atoms with Gasteiger partial charge in [-0.2, -0.15) is 9.61 Å². The Kier molecular flexibility index (Phi) is 5.92. The van der Waals surface area contributed by atoms with Crippen molar-refractivity contribution in [2.45, 2.75) is 6.54 Å². The average Bonchev–Trinajstić information content (AvgIpc) is 3.24. The predicted octanol–water partition coefficient (Wildman–Crippen LogP) is 3.57. The van der Waals surface area contributed by atoms with Crippen LogP contribution in [0.2, 0.25) is 5.02 Å². The molecule has 0 unspecified atom stereocenters. The number of benzene rings is 2. The minimum Gasteiger partial charge on any atom is -0.336 e. The molecular formula is C23H19ClFN5O2S. The minimum absolute atomic E-state index is 0.0763. The number of rotatable bonds is 4. The normalized spacial score (nSPS) is 14.7. The van der Waals surface area contributed by atoms with E-state index in [4.69, 9.17) is 11.6 Å². The van der Waals surface area contributed by atoms with E-state index in [1.165, 1.54) is 34.1 Å². The van der Waals surface area contributed by atoms with Crippen molar-refractivity contribution < 1.29 is 9.18 Å². The van der Waals surface area contributed by atoms with Crippen LogP contribution in [0.15, 0.2) is 59.4 Å². The summed E-state index contributed by atoms with van der Waals surface area (Å²) in [5, 5.41) is 5.28. The van der Waals surface area contributed by atoms with Crippen molar-refractivity contribution in [3.63, 3.8) is 0 Å². The minimum atomic E-state index is -0.361. The van der Waals surface area contributed by atoms with Crippen molar-refractivity contribution in [3.05, 3.63) is 87.0 Å². The fraction of sp³-hybridized carbons (Fsp3) is 0.217. The predicted molar refractivity (Wildman–Crippen MR) is 125 cm³/mol. The van der Waals surface area contributed by atoms with Gasteiger partial charge in [-0.3, -0.25) is 14.5 Å². The summed E-state index contributed by atoms with van der Waals surface area (Å²) in [7, 11) is 0. The van der Waals surface area contributed by atoms with Crippen LogP contribution < -0.4 is 5.56 Å². The van der Waals surface area contributed by atoms with E-state index in [0.717, 1.165) is 0 Å². The first-order valence-corrected chi connectivity index (χ1v) is 11.6. The molecule has 0 N–H and O–H groups in total. The van der Waals surface area contributed by atoms with Gasteiger partial charge >= 0.3 is 0 Å². The molecule has 1 aliphatic heterocycles. The Hall–Kier alpha value is -3.14. The zero-order chi connectivity index (χ0) is 22.9. The number of carbonyl (C=O) groups excluding carboxylic acids is 1. The first-order chi connectivity index (χ1) is 16.0. The van der Waals surface area contributed by atoms with Crippen LogP contribution in [0, 0.1) is 5.82 Å². The van der Waals surface area contributed by atoms with Crippen LogP contribution in [-0.4, -0.2) is 56.5 Å². The molecule has 0 saturated carbocycles. The van der Waals surface area contributed by atoms with Crippen molar-refractivity contribution in [1.82, 2.24) is 24.4 Å². The Bertz CT molecular complexity index is 1400. The van der Waals surface area contributed by atoms with Gasteiger partial charge in [0.1, 0.15) is 10.8 Å². The molecule has 7 nitrogen and oxygen atoms in total. The van der Waals surface area contributed by atoms with Gasteiger partial charge in [0, 0.05) is 44.4 Å². The van der Waals surface area contributed by atoms with Crippen LogP contribution in [0.25, 0.3) is 15.5 Å². The first-order valence-electron chi connectivity index (χ1n) is 10.4. The van der Waals surface area contributed by atoms with Crippen molar-refractivity contribution >= 4 is 33.8 Å². The lowest BCUT2D eigenvalue weighted by atomic mass is 10.1. The molecule has 1 amide bonds. The van der Waals surface area contributed by atoms with Crippen molar-refractivity contribution in [2.24, 2.45) is 0 Å². The summed E-state index contributed by atoms with van der Waals surface area (Å²) in [5.41, 5.74) is 1.47. The van der Waals surface area contributed by atoms with Gasteiger partial charge in [0.15, 0.2) is 0 Å². The van der Waals surface area contributed by atoms with Gasteiger partial charge in [0.2, 0.25) is 4.96 Å². The lowest BCUT2D eigenvalue weighted by Gasteiger charge is -2.34. The molecule has 1 saturated heterocycles. The third-order valence-electron chi connectivity index (χ3n) is 5.52. The first kappa shape index (κ1) is 21.7. The molecule has 0 bridgehead atoms. The number of hydrogen-bond donors (Lipinski definition) is 0. The molecule has 10 heteroatoms. The molecular weight excluding hydrogens is 465 g/mol. The molecule has 0 aliphatic carbocycles. The van der Waals surface area contributed by atoms with Gasteiger partial charge in [-0.1, -0.05) is 47.2 Å². The highest BCUT2D eigenvalue weighted by Crippen LogP contribution is 2.25. The van der Waals surface area contributed by atoms with Gasteiger partial charge < -0.3 is 4.90 Å². The third-order valence-corrected chi connectivity index (χ3v) is 6.81. The summed E-state index contributed by atoms with van der Waals surface area (Å²) in [6.07, 6.45) is 0. The Morgan fingerprint density at radius 2 is 1.85 bits per heavy atom. The number of fused-ring (bicyclic) bond motifs is 1. The lowest BCUT2D eigenvalue weighted by molar-refractivity contribution is 0.0627. The van der Waals surface area contributed by atoms with E-state index in [9.17, 15) is 14.0 Å². The van der Waals surface area contributed by atoms with Crippen LogP contribution in [0.3, 0.4) is 0 Å². The molecule has 1 fully saturated rings. The summed E-state index contributed by atoms with van der Waals surface area (Å²) in [5.74, 6) is -0.438. The topological polar surface area (TPSA) is 70.8 Å². The van der Waals surface area contributed by atoms with E-state index in [0.29, 0.717) is 64.5 Å². The van der Waals surface area contributed by atoms with Crippen molar-refractivity contribution in [1.29, 1.82) is 0 Å². The van der Waals surface area contributed by atoms with Crippen LogP contribution in [-0.2, 0) is 6.54 Å². The number of nitrogens with zero attached hydrogens (tertiary/aromatic N) is 5. The smallest absolute Gasteiger partial charge is 0.275 e. The molecule has 4 aromatic rings. The van der Waals surface area contributed by atoms with Crippen LogP contribution >= 0.6 is 22.9 Å². The highest BCUT2D eigenvalue weighted by Gasteiger charge is 2.24. The zero-order valence-electron chi connectivity index (χ0n) is 17.4. The Labute approximate surface area is 197 Å². The van der Waals surface area contributed by atoms with Crippen LogP contribution in [0.5, 0.6) is 0 Å². The molecule has 0 radical (unpaired) electrons. The van der Waals surface area contributed by atoms with Crippen molar-refractivity contribution in [2.75, 3.05) is 26.2 Å². The number of hydrogen-bond acceptors (Lipinski definition) is 6. The molecule has 2 aromatic heterocycles. The van der Waals surface area contributed by atoms with Gasteiger partial charge in [-0.25, -0.2) is 9.37 Å². The molecule has 2 aromatic carbocycles. The van der Waals surface area contributed by atoms with Gasteiger partial charge in [0.25, 0.3) is 11.5 Å². The van der Waals surface area contributed by atoms with E-state index < -0.39 is 0 Å². The summed E-state index contributed by atoms with van der Waals surface area (Å²) >= 11 is 7.41. The second-order valence-electron chi connectivity index (χ2n) is 7.75. The standard InChI is InChI=1S/C23H19ClFN5O2S/c24-19-7-2-1-6-18(19)22(32)29-10-8-28(9-11-29)14-17-13-20(31)30-23(26-17)33-21(27-30)15-4-3-5-16(25)12-15/h1-7,12-13H,8-11,14H2. The lowest BCUT2D eigenvalue weighted by Crippen LogP contribution is -2.48. The second-order valence-corrected chi connectivity index (χ2v) is 9.11. The fourth-order valence-corrected chi connectivity index (χ4v) is 4.96. The third kappa shape index (κ3) is 4.52. The van der Waals surface area contributed by atoms with E-state index >= 15 is 0 Å². The maximum Gasteiger partial charge on any atom is 0.275 e. The van der Waals surface area contributed by atoms with Gasteiger partial charge in [-0.15, -0.1) is 0 Å². The van der Waals surface area contributed by atoms with E-state index in [2.05, 4.69) is 15.0 Å². The molecule has 0 atom stereocenters. The van der Waals surface area contributed by atoms with Gasteiger partial charge in [-0.05, 0) is 24.3 Å². The molecule has 0 spiro atoms. The van der Waals surface area contributed by atoms with Crippen LogP contribution in [0.1, 0.15) is 16.1 Å². The largest absolute Gasteiger partial charge is 0.336 e. The van der Waals surface area contributed by atoms with Gasteiger partial charge in [0.05, 0.1) is 16.3 Å². The monoisotopic (exact) mass is 483 g/mol. The van der Waals surface area contributed by atoms with Crippen molar-refractivity contribution in [3.8, 4) is 10.6 Å². The number of aromatic nitrogens is 3. The van der Waals surface area contributed by atoms with E-state index in [-0.39, 0.29) is 17.3 Å². The maximum atomic E-state index is 13.6. The fourth-order valence-electron chi connectivity index (χ4n) is 3.82. The summed E-state index contributed by atoms with van der Waals surface area (Å²) < 4.78 is 14.8. The molecule has 1 aliphatic rings. The average molecular weight is 484 g/mol. The number of carbonyl (C=O) groups is 1. The highest BCUT2D eigenvalue weighted by atomic mass is 35.5. The second kappa shape index (κ2) is 9.01. The molecule has 168 valence electrons. The quantitative estimate of drug-likeness (QED) is 0.444. The number of amides is 1. The Morgan fingerprint density at radius 1 is 1.06 bits per heavy atom. The summed E-state index contributed by atoms with van der Waals surface area (Å²) in [6.45, 7) is 2.95. The zero-order valence-corrected chi connectivity index (χ0v) is 19.0. The molecule has 5 rings (SSSR count). The maximum absolute atomic E-state index is 13.6. The SMILES string of the molecule is O=C(c1ccccc1Cl)N1CCN(Cc2cc(=O)n3nc(-c4cccc(F)c4)sc3n2)CC1. The van der Waals surface area contributed by atoms with Crippen LogP contribution in [0.4, 0.5) is 4.39 Å². The Morgan fingerprint density at radius 3 is 2.61 bits per heavy atom. The van der Waals surface area contributed by atoms with E-state index in [1.54, 1.807) is 41.3 Å². The molecule has 33 heavy (non-hydrogen) atoms. The van der Waals surface area contributed by atoms with E-state index in [1.807, 2.05) is 0 Å². The molecule has 3 heterocycles. The number of piperazine rings is 1. The summed E-state index contributed by atoms with van der Waals surface area (Å²) in [6, 6.07) is 14.6. The summed E-state index contributed by atoms with van der Waals surface area (Å²) in [4.78, 5) is 34.4. The highest BCUT2D eigenvalue weighted by molar-refractivity contribution is 7.19.